The second kappa shape index (κ2) is 8.64. The summed E-state index contributed by atoms with van der Waals surface area (Å²) in [5.74, 6) is -1.70. The number of halogens is 3. The van der Waals surface area contributed by atoms with E-state index in [-0.39, 0.29) is 29.3 Å². The van der Waals surface area contributed by atoms with Crippen LogP contribution >= 0.6 is 0 Å². The van der Waals surface area contributed by atoms with Crippen LogP contribution in [-0.2, 0) is 22.2 Å². The lowest BCUT2D eigenvalue weighted by atomic mass is 9.90. The number of alkyl halides is 2. The van der Waals surface area contributed by atoms with Crippen LogP contribution in [0.25, 0.3) is 10.9 Å². The van der Waals surface area contributed by atoms with Crippen molar-refractivity contribution in [1.82, 2.24) is 4.57 Å². The van der Waals surface area contributed by atoms with Crippen molar-refractivity contribution < 1.29 is 45.5 Å². The van der Waals surface area contributed by atoms with Gasteiger partial charge in [0.05, 0.1) is 45.2 Å². The van der Waals surface area contributed by atoms with Crippen LogP contribution in [0.15, 0.2) is 36.4 Å². The predicted octanol–water partition coefficient (Wildman–Crippen LogP) is 3.40. The highest BCUT2D eigenvalue weighted by atomic mass is 19.3. The first-order chi connectivity index (χ1) is 18.1. The number of fused-ring (bicyclic) bond motifs is 2. The molecule has 4 N–H and O–H groups in total. The second-order valence-corrected chi connectivity index (χ2v) is 10.1. The van der Waals surface area contributed by atoms with Crippen molar-refractivity contribution in [2.45, 2.75) is 56.5 Å². The molecule has 1 fully saturated rings. The number of aliphatic hydroxyl groups is 3. The molecule has 1 aliphatic heterocycles. The first kappa shape index (κ1) is 22.9. The number of anilines is 1. The van der Waals surface area contributed by atoms with Gasteiger partial charge in [0.15, 0.2) is 11.5 Å². The summed E-state index contributed by atoms with van der Waals surface area (Å²) in [5, 5.41) is 32.8. The number of benzene rings is 2. The van der Waals surface area contributed by atoms with E-state index >= 15 is 4.39 Å². The van der Waals surface area contributed by atoms with E-state index in [0.29, 0.717) is 29.5 Å². The number of carbonyl (C=O) groups is 1. The predicted molar refractivity (Wildman–Crippen MR) is 127 cm³/mol. The summed E-state index contributed by atoms with van der Waals surface area (Å²) in [6, 6.07) is 8.23. The summed E-state index contributed by atoms with van der Waals surface area (Å²) in [4.78, 5) is 13.3. The third kappa shape index (κ3) is 4.41. The molecule has 2 heterocycles. The number of ether oxygens (including phenoxy) is 2. The minimum absolute atomic E-state index is 0.144. The van der Waals surface area contributed by atoms with E-state index in [1.54, 1.807) is 19.9 Å². The van der Waals surface area contributed by atoms with Crippen molar-refractivity contribution in [1.29, 1.82) is 0 Å². The van der Waals surface area contributed by atoms with Gasteiger partial charge in [0.1, 0.15) is 5.82 Å². The van der Waals surface area contributed by atoms with Crippen molar-refractivity contribution in [3.05, 3.63) is 53.5 Å². The Bertz CT molecular complexity index is 1470. The van der Waals surface area contributed by atoms with Crippen molar-refractivity contribution >= 4 is 22.5 Å². The van der Waals surface area contributed by atoms with Gasteiger partial charge in [0, 0.05) is 22.6 Å². The van der Waals surface area contributed by atoms with Gasteiger partial charge in [-0.15, -0.1) is 8.78 Å². The van der Waals surface area contributed by atoms with E-state index in [2.05, 4.69) is 14.8 Å². The molecular formula is C26H27F3N2O6. The lowest BCUT2D eigenvalue weighted by Crippen LogP contribution is -2.29. The van der Waals surface area contributed by atoms with E-state index in [0.717, 1.165) is 6.07 Å². The van der Waals surface area contributed by atoms with Crippen LogP contribution in [0.5, 0.6) is 11.5 Å². The largest absolute Gasteiger partial charge is 0.586 e. The average Bonchev–Trinajstić information content (AvgIpc) is 3.49. The number of rotatable bonds is 8. The molecule has 11 heteroatoms. The van der Waals surface area contributed by atoms with Crippen molar-refractivity contribution in [2.75, 3.05) is 18.5 Å². The lowest BCUT2D eigenvalue weighted by molar-refractivity contribution is -0.286. The highest BCUT2D eigenvalue weighted by molar-refractivity contribution is 6.02. The Balaban J connectivity index is 1.47. The smallest absolute Gasteiger partial charge is 0.395 e. The maximum absolute atomic E-state index is 15.3. The Kier molecular flexibility index (Phi) is 5.34. The molecule has 2 aliphatic rings. The van der Waals surface area contributed by atoms with Crippen LogP contribution in [0.1, 0.15) is 40.7 Å². The number of carbonyl (C=O) groups excluding carboxylic acids is 1. The Morgan fingerprint density at radius 1 is 1.19 bits per heavy atom. The molecule has 0 saturated heterocycles. The summed E-state index contributed by atoms with van der Waals surface area (Å²) < 4.78 is 67.3. The highest BCUT2D eigenvalue weighted by Crippen LogP contribution is 2.52. The SMILES string of the molecule is [2H]C([2H])(O)[C@H](O)Cn1c(C(C)(C)CO)cc2cc(NC(=O)C3(c4ccc5c(c4)OC(F)(F)O5)CC3)c(F)cc21. The third-order valence-electron chi connectivity index (χ3n) is 6.97. The van der Waals surface area contributed by atoms with E-state index in [9.17, 15) is 28.9 Å². The molecule has 1 amide bonds. The molecule has 198 valence electrons. The van der Waals surface area contributed by atoms with Crippen molar-refractivity contribution in [3.8, 4) is 11.5 Å². The number of aromatic nitrogens is 1. The van der Waals surface area contributed by atoms with E-state index < -0.39 is 48.1 Å². The molecule has 8 nitrogen and oxygen atoms in total. The summed E-state index contributed by atoms with van der Waals surface area (Å²) in [6.45, 7) is -0.263. The van der Waals surface area contributed by atoms with Crippen LogP contribution < -0.4 is 14.8 Å². The maximum Gasteiger partial charge on any atom is 0.586 e. The minimum atomic E-state index is -3.80. The minimum Gasteiger partial charge on any atom is -0.395 e. The number of amides is 1. The maximum atomic E-state index is 15.3. The normalized spacial score (nSPS) is 19.4. The zero-order valence-electron chi connectivity index (χ0n) is 22.0. The molecular weight excluding hydrogens is 493 g/mol. The van der Waals surface area contributed by atoms with Gasteiger partial charge in [0.2, 0.25) is 5.91 Å². The third-order valence-corrected chi connectivity index (χ3v) is 6.97. The van der Waals surface area contributed by atoms with Crippen LogP contribution in [0.3, 0.4) is 0 Å². The molecule has 0 unspecified atom stereocenters. The second-order valence-electron chi connectivity index (χ2n) is 10.1. The van der Waals surface area contributed by atoms with E-state index in [1.165, 1.54) is 28.8 Å². The Labute approximate surface area is 213 Å². The molecule has 37 heavy (non-hydrogen) atoms. The fourth-order valence-electron chi connectivity index (χ4n) is 4.69. The molecule has 1 atom stereocenters. The zero-order valence-corrected chi connectivity index (χ0v) is 20.0. The molecule has 1 saturated carbocycles. The summed E-state index contributed by atoms with van der Waals surface area (Å²) >= 11 is 0. The number of hydrogen-bond donors (Lipinski definition) is 4. The number of nitrogens with zero attached hydrogens (tertiary/aromatic N) is 1. The Morgan fingerprint density at radius 3 is 2.54 bits per heavy atom. The molecule has 1 aliphatic carbocycles. The number of hydrogen-bond acceptors (Lipinski definition) is 6. The van der Waals surface area contributed by atoms with Gasteiger partial charge < -0.3 is 34.7 Å². The van der Waals surface area contributed by atoms with Gasteiger partial charge in [-0.25, -0.2) is 4.39 Å². The molecule has 0 radical (unpaired) electrons. The number of aliphatic hydroxyl groups excluding tert-OH is 2. The highest BCUT2D eigenvalue weighted by Gasteiger charge is 2.53. The standard InChI is InChI=1S/C26H27F3N2O6/c1-24(2,13-33)22-8-14-7-18(17(27)10-19(14)31(22)11-16(34)12-32)30-23(35)25(5-6-25)15-3-4-20-21(9-15)37-26(28,29)36-20/h3-4,7-10,16,32-34H,5-6,11-13H2,1-2H3,(H,30,35)/t16-/m1/s1/i12D2. The molecule has 3 aromatic rings. The average molecular weight is 523 g/mol. The van der Waals surface area contributed by atoms with Crippen molar-refractivity contribution in [3.63, 3.8) is 0 Å². The van der Waals surface area contributed by atoms with Crippen LogP contribution in [-0.4, -0.2) is 51.4 Å². The van der Waals surface area contributed by atoms with Crippen LogP contribution in [0.4, 0.5) is 18.9 Å². The van der Waals surface area contributed by atoms with E-state index in [1.807, 2.05) is 0 Å². The lowest BCUT2D eigenvalue weighted by Gasteiger charge is -2.25. The summed E-state index contributed by atoms with van der Waals surface area (Å²) in [6.07, 6.45) is -4.83. The molecule has 1 aromatic heterocycles. The van der Waals surface area contributed by atoms with Gasteiger partial charge in [-0.3, -0.25) is 4.79 Å². The Hall–Kier alpha value is -3.28. The first-order valence-corrected chi connectivity index (χ1v) is 11.6. The first-order valence-electron chi connectivity index (χ1n) is 12.6. The monoisotopic (exact) mass is 522 g/mol. The summed E-state index contributed by atoms with van der Waals surface area (Å²) in [7, 11) is 0. The molecule has 5 rings (SSSR count). The summed E-state index contributed by atoms with van der Waals surface area (Å²) in [5.41, 5.74) is -0.967. The Morgan fingerprint density at radius 2 is 1.89 bits per heavy atom. The fourth-order valence-corrected chi connectivity index (χ4v) is 4.69. The van der Waals surface area contributed by atoms with Gasteiger partial charge in [-0.1, -0.05) is 19.9 Å². The van der Waals surface area contributed by atoms with Crippen LogP contribution in [0, 0.1) is 5.82 Å². The van der Waals surface area contributed by atoms with Crippen LogP contribution in [0.2, 0.25) is 0 Å². The van der Waals surface area contributed by atoms with Crippen molar-refractivity contribution in [2.24, 2.45) is 0 Å². The van der Waals surface area contributed by atoms with E-state index in [4.69, 9.17) is 2.74 Å². The van der Waals surface area contributed by atoms with Gasteiger partial charge in [0.25, 0.3) is 0 Å². The van der Waals surface area contributed by atoms with Gasteiger partial charge >= 0.3 is 6.29 Å². The fraction of sp³-hybridized carbons (Fsp3) is 0.423. The quantitative estimate of drug-likeness (QED) is 0.361. The van der Waals surface area contributed by atoms with Gasteiger partial charge in [-0.05, 0) is 42.7 Å². The molecule has 2 aromatic carbocycles. The molecule has 0 spiro atoms. The number of nitrogens with one attached hydrogen (secondary N) is 1. The molecule has 0 bridgehead atoms. The zero-order chi connectivity index (χ0) is 28.5. The topological polar surface area (TPSA) is 113 Å². The van der Waals surface area contributed by atoms with Gasteiger partial charge in [-0.2, -0.15) is 0 Å².